The number of rotatable bonds is 2. The maximum atomic E-state index is 13.7. The van der Waals surface area contributed by atoms with Crippen molar-refractivity contribution in [1.29, 1.82) is 0 Å². The number of nitrogens with zero attached hydrogens (tertiary/aromatic N) is 3. The molecule has 4 nitrogen and oxygen atoms in total. The zero-order chi connectivity index (χ0) is 17.0. The molecule has 5 heteroatoms. The summed E-state index contributed by atoms with van der Waals surface area (Å²) >= 11 is 0. The number of aryl methyl sites for hydroxylation is 2. The van der Waals surface area contributed by atoms with Gasteiger partial charge in [0.2, 0.25) is 0 Å². The highest BCUT2D eigenvalue weighted by Crippen LogP contribution is 2.38. The maximum Gasteiger partial charge on any atom is 0.126 e. The predicted molar refractivity (Wildman–Crippen MR) is 95.8 cm³/mol. The highest BCUT2D eigenvalue weighted by molar-refractivity contribution is 5.89. The number of aromatic nitrogens is 4. The van der Waals surface area contributed by atoms with Crippen LogP contribution in [0.3, 0.4) is 0 Å². The predicted octanol–water partition coefficient (Wildman–Crippen LogP) is 4.49. The molecule has 4 aromatic rings. The molecule has 1 aliphatic rings. The van der Waals surface area contributed by atoms with E-state index < -0.39 is 0 Å². The molecule has 3 heterocycles. The van der Waals surface area contributed by atoms with E-state index in [1.807, 2.05) is 18.3 Å². The molecule has 0 unspecified atom stereocenters. The van der Waals surface area contributed by atoms with E-state index in [0.29, 0.717) is 5.56 Å². The minimum atomic E-state index is -0.184. The Morgan fingerprint density at radius 2 is 2.00 bits per heavy atom. The smallest absolute Gasteiger partial charge is 0.126 e. The van der Waals surface area contributed by atoms with Crippen molar-refractivity contribution in [3.05, 3.63) is 59.7 Å². The Labute approximate surface area is 144 Å². The summed E-state index contributed by atoms with van der Waals surface area (Å²) in [6.07, 6.45) is 3.96. The van der Waals surface area contributed by atoms with Gasteiger partial charge in [-0.2, -0.15) is 10.2 Å². The van der Waals surface area contributed by atoms with E-state index in [4.69, 9.17) is 5.10 Å². The number of nitrogens with one attached hydrogen (secondary N) is 1. The van der Waals surface area contributed by atoms with Crippen molar-refractivity contribution in [2.24, 2.45) is 0 Å². The average molecular weight is 332 g/mol. The summed E-state index contributed by atoms with van der Waals surface area (Å²) in [5, 5.41) is 13.1. The standard InChI is InChI=1S/C20H17FN4/c1-12-9-14(6-7-16(12)21)20-19(18-3-2-8-25(18)24-20)13-4-5-15-11-22-23-17(15)10-13/h4-7,9-11H,2-3,8H2,1H3,(H,22,23). The lowest BCUT2D eigenvalue weighted by Crippen LogP contribution is -1.94. The summed E-state index contributed by atoms with van der Waals surface area (Å²) in [4.78, 5) is 0. The molecule has 0 atom stereocenters. The van der Waals surface area contributed by atoms with E-state index in [2.05, 4.69) is 33.1 Å². The van der Waals surface area contributed by atoms with Gasteiger partial charge in [0.15, 0.2) is 0 Å². The van der Waals surface area contributed by atoms with Crippen LogP contribution in [0.4, 0.5) is 4.39 Å². The lowest BCUT2D eigenvalue weighted by Gasteiger charge is -2.07. The fourth-order valence-corrected chi connectivity index (χ4v) is 3.72. The summed E-state index contributed by atoms with van der Waals surface area (Å²) in [6, 6.07) is 11.5. The molecule has 0 fully saturated rings. The van der Waals surface area contributed by atoms with Gasteiger partial charge in [-0.25, -0.2) is 4.39 Å². The van der Waals surface area contributed by atoms with E-state index in [0.717, 1.165) is 52.7 Å². The number of fused-ring (bicyclic) bond motifs is 2. The van der Waals surface area contributed by atoms with Crippen molar-refractivity contribution in [3.8, 4) is 22.4 Å². The van der Waals surface area contributed by atoms with Gasteiger partial charge in [0.25, 0.3) is 0 Å². The van der Waals surface area contributed by atoms with Crippen molar-refractivity contribution in [2.45, 2.75) is 26.3 Å². The van der Waals surface area contributed by atoms with Gasteiger partial charge in [-0.15, -0.1) is 0 Å². The molecule has 1 N–H and O–H groups in total. The molecule has 0 bridgehead atoms. The highest BCUT2D eigenvalue weighted by Gasteiger charge is 2.24. The third kappa shape index (κ3) is 2.19. The third-order valence-corrected chi connectivity index (χ3v) is 5.00. The van der Waals surface area contributed by atoms with Crippen molar-refractivity contribution in [3.63, 3.8) is 0 Å². The minimum Gasteiger partial charge on any atom is -0.278 e. The topological polar surface area (TPSA) is 46.5 Å². The van der Waals surface area contributed by atoms with E-state index in [9.17, 15) is 4.39 Å². The second-order valence-corrected chi connectivity index (χ2v) is 6.63. The number of hydrogen-bond donors (Lipinski definition) is 1. The van der Waals surface area contributed by atoms with Crippen LogP contribution in [-0.4, -0.2) is 20.0 Å². The van der Waals surface area contributed by atoms with Gasteiger partial charge in [-0.1, -0.05) is 12.1 Å². The lowest BCUT2D eigenvalue weighted by molar-refractivity contribution is 0.618. The summed E-state index contributed by atoms with van der Waals surface area (Å²) in [6.45, 7) is 2.73. The van der Waals surface area contributed by atoms with Crippen LogP contribution in [0, 0.1) is 12.7 Å². The molecular formula is C20H17FN4. The Bertz CT molecular complexity index is 1110. The number of hydrogen-bond acceptors (Lipinski definition) is 2. The van der Waals surface area contributed by atoms with Crippen molar-refractivity contribution in [2.75, 3.05) is 0 Å². The first-order chi connectivity index (χ1) is 12.2. The van der Waals surface area contributed by atoms with Gasteiger partial charge in [0.1, 0.15) is 11.5 Å². The van der Waals surface area contributed by atoms with Gasteiger partial charge in [0, 0.05) is 28.8 Å². The zero-order valence-electron chi connectivity index (χ0n) is 13.9. The summed E-state index contributed by atoms with van der Waals surface area (Å²) in [5.41, 5.74) is 7.07. The Hall–Kier alpha value is -2.95. The molecule has 2 aromatic carbocycles. The Balaban J connectivity index is 1.76. The first-order valence-electron chi connectivity index (χ1n) is 8.50. The van der Waals surface area contributed by atoms with Gasteiger partial charge < -0.3 is 0 Å². The second kappa shape index (κ2) is 5.28. The van der Waals surface area contributed by atoms with Crippen LogP contribution in [0.1, 0.15) is 17.7 Å². The Morgan fingerprint density at radius 3 is 2.88 bits per heavy atom. The van der Waals surface area contributed by atoms with E-state index >= 15 is 0 Å². The summed E-state index contributed by atoms with van der Waals surface area (Å²) in [7, 11) is 0. The minimum absolute atomic E-state index is 0.184. The van der Waals surface area contributed by atoms with Crippen LogP contribution in [0.25, 0.3) is 33.3 Å². The molecule has 0 aliphatic carbocycles. The number of aromatic amines is 1. The molecule has 0 spiro atoms. The van der Waals surface area contributed by atoms with Crippen LogP contribution in [0.15, 0.2) is 42.6 Å². The van der Waals surface area contributed by atoms with Crippen LogP contribution in [0.2, 0.25) is 0 Å². The van der Waals surface area contributed by atoms with E-state index in [-0.39, 0.29) is 5.82 Å². The Morgan fingerprint density at radius 1 is 1.12 bits per heavy atom. The Kier molecular flexibility index (Phi) is 3.04. The first-order valence-corrected chi connectivity index (χ1v) is 8.50. The van der Waals surface area contributed by atoms with Crippen molar-refractivity contribution >= 4 is 10.9 Å². The molecular weight excluding hydrogens is 315 g/mol. The molecule has 1 aliphatic heterocycles. The number of benzene rings is 2. The van der Waals surface area contributed by atoms with Crippen LogP contribution in [0.5, 0.6) is 0 Å². The number of halogens is 1. The van der Waals surface area contributed by atoms with Gasteiger partial charge >= 0.3 is 0 Å². The number of H-pyrrole nitrogens is 1. The molecule has 124 valence electrons. The quantitative estimate of drug-likeness (QED) is 0.588. The second-order valence-electron chi connectivity index (χ2n) is 6.63. The SMILES string of the molecule is Cc1cc(-c2nn3c(c2-c2ccc4cn[nH]c4c2)CCC3)ccc1F. The first kappa shape index (κ1) is 14.4. The van der Waals surface area contributed by atoms with E-state index in [1.54, 1.807) is 6.92 Å². The average Bonchev–Trinajstić information content (AvgIpc) is 3.31. The van der Waals surface area contributed by atoms with Crippen molar-refractivity contribution < 1.29 is 4.39 Å². The van der Waals surface area contributed by atoms with Gasteiger partial charge in [0.05, 0.1) is 11.7 Å². The normalized spacial score (nSPS) is 13.5. The van der Waals surface area contributed by atoms with Crippen LogP contribution >= 0.6 is 0 Å². The highest BCUT2D eigenvalue weighted by atomic mass is 19.1. The summed E-state index contributed by atoms with van der Waals surface area (Å²) < 4.78 is 15.8. The molecule has 25 heavy (non-hydrogen) atoms. The molecule has 0 radical (unpaired) electrons. The maximum absolute atomic E-state index is 13.7. The lowest BCUT2D eigenvalue weighted by atomic mass is 9.96. The fraction of sp³-hybridized carbons (Fsp3) is 0.200. The molecule has 0 amide bonds. The largest absolute Gasteiger partial charge is 0.278 e. The molecule has 5 rings (SSSR count). The van der Waals surface area contributed by atoms with Gasteiger partial charge in [-0.3, -0.25) is 9.78 Å². The monoisotopic (exact) mass is 332 g/mol. The molecule has 2 aromatic heterocycles. The van der Waals surface area contributed by atoms with Gasteiger partial charge in [-0.05, 0) is 55.2 Å². The molecule has 0 saturated carbocycles. The van der Waals surface area contributed by atoms with Crippen LogP contribution in [-0.2, 0) is 13.0 Å². The van der Waals surface area contributed by atoms with Crippen molar-refractivity contribution in [1.82, 2.24) is 20.0 Å². The fourth-order valence-electron chi connectivity index (χ4n) is 3.72. The molecule has 0 saturated heterocycles. The summed E-state index contributed by atoms with van der Waals surface area (Å²) in [5.74, 6) is -0.184. The van der Waals surface area contributed by atoms with E-state index in [1.165, 1.54) is 11.8 Å². The zero-order valence-corrected chi connectivity index (χ0v) is 13.9. The third-order valence-electron chi connectivity index (χ3n) is 5.00. The van der Waals surface area contributed by atoms with Crippen LogP contribution < -0.4 is 0 Å².